The predicted octanol–water partition coefficient (Wildman–Crippen LogP) is 4.66. The molecule has 32 heavy (non-hydrogen) atoms. The van der Waals surface area contributed by atoms with Gasteiger partial charge in [-0.1, -0.05) is 49.4 Å². The standard InChI is InChI=1S/C26H24N2O4/c1-4-17-10-12-19(13-11-17)27-24-23(18-8-6-5-7-9-18)25(29)28(26(24)30)21-15-14-20(31-2)16-22(21)32-3/h5-16,27H,4H2,1-3H3. The molecule has 1 aliphatic heterocycles. The van der Waals surface area contributed by atoms with Crippen molar-refractivity contribution in [1.29, 1.82) is 0 Å². The molecule has 2 amide bonds. The molecular weight excluding hydrogens is 404 g/mol. The molecule has 6 heteroatoms. The summed E-state index contributed by atoms with van der Waals surface area (Å²) in [5.41, 5.74) is 3.47. The van der Waals surface area contributed by atoms with Gasteiger partial charge in [0.05, 0.1) is 25.5 Å². The van der Waals surface area contributed by atoms with Crippen molar-refractivity contribution in [2.24, 2.45) is 0 Å². The monoisotopic (exact) mass is 428 g/mol. The first-order valence-corrected chi connectivity index (χ1v) is 10.3. The Bertz CT molecular complexity index is 1180. The fourth-order valence-corrected chi connectivity index (χ4v) is 3.67. The zero-order valence-electron chi connectivity index (χ0n) is 18.2. The van der Waals surface area contributed by atoms with E-state index in [4.69, 9.17) is 9.47 Å². The lowest BCUT2D eigenvalue weighted by molar-refractivity contribution is -0.120. The van der Waals surface area contributed by atoms with Gasteiger partial charge < -0.3 is 14.8 Å². The quantitative estimate of drug-likeness (QED) is 0.554. The van der Waals surface area contributed by atoms with Gasteiger partial charge in [-0.2, -0.15) is 0 Å². The van der Waals surface area contributed by atoms with Gasteiger partial charge in [-0.3, -0.25) is 9.59 Å². The van der Waals surface area contributed by atoms with Crippen molar-refractivity contribution in [2.45, 2.75) is 13.3 Å². The number of nitrogens with one attached hydrogen (secondary N) is 1. The third kappa shape index (κ3) is 3.83. The second-order valence-corrected chi connectivity index (χ2v) is 7.27. The number of benzene rings is 3. The fraction of sp³-hybridized carbons (Fsp3) is 0.154. The van der Waals surface area contributed by atoms with E-state index in [2.05, 4.69) is 12.2 Å². The van der Waals surface area contributed by atoms with Crippen LogP contribution in [0.4, 0.5) is 11.4 Å². The van der Waals surface area contributed by atoms with E-state index in [1.54, 1.807) is 25.3 Å². The van der Waals surface area contributed by atoms with Crippen molar-refractivity contribution in [3.8, 4) is 11.5 Å². The largest absolute Gasteiger partial charge is 0.497 e. The summed E-state index contributed by atoms with van der Waals surface area (Å²) < 4.78 is 10.7. The maximum absolute atomic E-state index is 13.6. The number of ether oxygens (including phenoxy) is 2. The molecule has 0 radical (unpaired) electrons. The third-order valence-corrected chi connectivity index (χ3v) is 5.41. The molecule has 4 rings (SSSR count). The van der Waals surface area contributed by atoms with Crippen molar-refractivity contribution in [3.63, 3.8) is 0 Å². The molecule has 6 nitrogen and oxygen atoms in total. The Morgan fingerprint density at radius 2 is 1.56 bits per heavy atom. The first-order chi connectivity index (χ1) is 15.6. The van der Waals surface area contributed by atoms with Crippen LogP contribution >= 0.6 is 0 Å². The lowest BCUT2D eigenvalue weighted by Gasteiger charge is -2.19. The average Bonchev–Trinajstić information content (AvgIpc) is 3.08. The summed E-state index contributed by atoms with van der Waals surface area (Å²) in [6.07, 6.45) is 0.917. The summed E-state index contributed by atoms with van der Waals surface area (Å²) in [4.78, 5) is 28.3. The Labute approximate surface area is 187 Å². The van der Waals surface area contributed by atoms with Gasteiger partial charge >= 0.3 is 0 Å². The van der Waals surface area contributed by atoms with Gasteiger partial charge in [-0.15, -0.1) is 0 Å². The Kier molecular flexibility index (Phi) is 5.94. The highest BCUT2D eigenvalue weighted by Crippen LogP contribution is 2.39. The van der Waals surface area contributed by atoms with Gasteiger partial charge in [0.1, 0.15) is 17.2 Å². The predicted molar refractivity (Wildman–Crippen MR) is 125 cm³/mol. The number of methoxy groups -OCH3 is 2. The van der Waals surface area contributed by atoms with Crippen molar-refractivity contribution < 1.29 is 19.1 Å². The molecule has 3 aromatic rings. The van der Waals surface area contributed by atoms with Crippen molar-refractivity contribution in [1.82, 2.24) is 0 Å². The number of carbonyl (C=O) groups is 2. The molecule has 0 atom stereocenters. The number of rotatable bonds is 7. The van der Waals surface area contributed by atoms with E-state index in [9.17, 15) is 9.59 Å². The second kappa shape index (κ2) is 8.98. The van der Waals surface area contributed by atoms with E-state index in [0.29, 0.717) is 28.3 Å². The highest BCUT2D eigenvalue weighted by atomic mass is 16.5. The van der Waals surface area contributed by atoms with Crippen LogP contribution in [-0.2, 0) is 16.0 Å². The molecule has 1 heterocycles. The normalized spacial score (nSPS) is 13.5. The third-order valence-electron chi connectivity index (χ3n) is 5.41. The lowest BCUT2D eigenvalue weighted by Crippen LogP contribution is -2.32. The number of carbonyl (C=O) groups excluding carboxylic acids is 2. The van der Waals surface area contributed by atoms with Crippen LogP contribution in [0, 0.1) is 0 Å². The molecule has 1 N–H and O–H groups in total. The summed E-state index contributed by atoms with van der Waals surface area (Å²) in [6.45, 7) is 2.08. The molecule has 0 aliphatic carbocycles. The second-order valence-electron chi connectivity index (χ2n) is 7.27. The summed E-state index contributed by atoms with van der Waals surface area (Å²) in [7, 11) is 3.03. The van der Waals surface area contributed by atoms with Gasteiger partial charge in [0.25, 0.3) is 11.8 Å². The van der Waals surface area contributed by atoms with Crippen LogP contribution in [0.5, 0.6) is 11.5 Å². The van der Waals surface area contributed by atoms with E-state index in [0.717, 1.165) is 17.0 Å². The minimum absolute atomic E-state index is 0.225. The molecule has 3 aromatic carbocycles. The summed E-state index contributed by atoms with van der Waals surface area (Å²) in [6, 6.07) is 22.0. The van der Waals surface area contributed by atoms with Crippen LogP contribution in [0.3, 0.4) is 0 Å². The van der Waals surface area contributed by atoms with E-state index < -0.39 is 11.8 Å². The number of hydrogen-bond acceptors (Lipinski definition) is 5. The molecule has 162 valence electrons. The van der Waals surface area contributed by atoms with Gasteiger partial charge in [0.2, 0.25) is 0 Å². The Morgan fingerprint density at radius 3 is 2.19 bits per heavy atom. The Morgan fingerprint density at radius 1 is 0.844 bits per heavy atom. The van der Waals surface area contributed by atoms with Crippen LogP contribution in [-0.4, -0.2) is 26.0 Å². The van der Waals surface area contributed by atoms with Crippen molar-refractivity contribution in [2.75, 3.05) is 24.4 Å². The molecule has 0 unspecified atom stereocenters. The van der Waals surface area contributed by atoms with Gasteiger partial charge in [0, 0.05) is 11.8 Å². The molecule has 0 fully saturated rings. The molecule has 1 aliphatic rings. The number of amides is 2. The number of hydrogen-bond donors (Lipinski definition) is 1. The van der Waals surface area contributed by atoms with Gasteiger partial charge in [0.15, 0.2) is 0 Å². The topological polar surface area (TPSA) is 67.9 Å². The van der Waals surface area contributed by atoms with Crippen LogP contribution in [0.2, 0.25) is 0 Å². The Hall–Kier alpha value is -4.06. The molecule has 0 aromatic heterocycles. The molecular formula is C26H24N2O4. The molecule has 0 saturated heterocycles. The maximum atomic E-state index is 13.6. The minimum atomic E-state index is -0.447. The van der Waals surface area contributed by atoms with E-state index >= 15 is 0 Å². The zero-order chi connectivity index (χ0) is 22.7. The first kappa shape index (κ1) is 21.2. The number of nitrogens with zero attached hydrogens (tertiary/aromatic N) is 1. The Balaban J connectivity index is 1.80. The number of aryl methyl sites for hydroxylation is 1. The minimum Gasteiger partial charge on any atom is -0.497 e. The van der Waals surface area contributed by atoms with Gasteiger partial charge in [-0.05, 0) is 41.8 Å². The number of anilines is 2. The SMILES string of the molecule is CCc1ccc(NC2=C(c3ccccc3)C(=O)N(c3ccc(OC)cc3OC)C2=O)cc1. The lowest BCUT2D eigenvalue weighted by atomic mass is 10.0. The van der Waals surface area contributed by atoms with Crippen molar-refractivity contribution >= 4 is 28.8 Å². The summed E-state index contributed by atoms with van der Waals surface area (Å²) >= 11 is 0. The smallest absolute Gasteiger partial charge is 0.282 e. The van der Waals surface area contributed by atoms with Crippen LogP contribution in [0.25, 0.3) is 5.57 Å². The average molecular weight is 428 g/mol. The summed E-state index contributed by atoms with van der Waals surface area (Å²) in [5.74, 6) is 0.0662. The van der Waals surface area contributed by atoms with Crippen LogP contribution in [0.1, 0.15) is 18.1 Å². The van der Waals surface area contributed by atoms with E-state index in [-0.39, 0.29) is 5.70 Å². The van der Waals surface area contributed by atoms with Crippen LogP contribution in [0.15, 0.2) is 78.5 Å². The maximum Gasteiger partial charge on any atom is 0.282 e. The molecule has 0 saturated carbocycles. The van der Waals surface area contributed by atoms with Crippen LogP contribution < -0.4 is 19.7 Å². The van der Waals surface area contributed by atoms with Crippen molar-refractivity contribution in [3.05, 3.63) is 89.6 Å². The van der Waals surface area contributed by atoms with E-state index in [1.807, 2.05) is 54.6 Å². The number of imide groups is 1. The summed E-state index contributed by atoms with van der Waals surface area (Å²) in [5, 5.41) is 3.18. The molecule has 0 bridgehead atoms. The van der Waals surface area contributed by atoms with E-state index in [1.165, 1.54) is 12.7 Å². The highest BCUT2D eigenvalue weighted by Gasteiger charge is 2.41. The fourth-order valence-electron chi connectivity index (χ4n) is 3.67. The first-order valence-electron chi connectivity index (χ1n) is 10.3. The van der Waals surface area contributed by atoms with Gasteiger partial charge in [-0.25, -0.2) is 4.90 Å². The molecule has 0 spiro atoms. The zero-order valence-corrected chi connectivity index (χ0v) is 18.2. The highest BCUT2D eigenvalue weighted by molar-refractivity contribution is 6.46.